The Kier molecular flexibility index (Phi) is 10.2. The summed E-state index contributed by atoms with van der Waals surface area (Å²) in [5.74, 6) is 0.726. The van der Waals surface area contributed by atoms with Crippen molar-refractivity contribution in [1.82, 2.24) is 5.32 Å². The third-order valence-corrected chi connectivity index (χ3v) is 2.46. The van der Waals surface area contributed by atoms with Crippen LogP contribution < -0.4 is 5.32 Å². The van der Waals surface area contributed by atoms with Crippen molar-refractivity contribution < 1.29 is 9.53 Å². The molecule has 1 amide bonds. The number of ether oxygens (including phenoxy) is 1. The van der Waals surface area contributed by atoms with Crippen LogP contribution in [0.3, 0.4) is 0 Å². The van der Waals surface area contributed by atoms with Gasteiger partial charge < -0.3 is 10.1 Å². The molecule has 3 heteroatoms. The van der Waals surface area contributed by atoms with Crippen molar-refractivity contribution in [2.75, 3.05) is 13.2 Å². The van der Waals surface area contributed by atoms with Crippen molar-refractivity contribution in [3.8, 4) is 0 Å². The number of hydrogen-bond acceptors (Lipinski definition) is 2. The molecule has 0 aliphatic heterocycles. The Morgan fingerprint density at radius 3 is 2.29 bits per heavy atom. The largest absolute Gasteiger partial charge is 0.379 e. The summed E-state index contributed by atoms with van der Waals surface area (Å²) in [7, 11) is 0. The average Bonchev–Trinajstić information content (AvgIpc) is 2.24. The summed E-state index contributed by atoms with van der Waals surface area (Å²) >= 11 is 0. The van der Waals surface area contributed by atoms with Crippen molar-refractivity contribution >= 4 is 5.91 Å². The highest BCUT2D eigenvalue weighted by atomic mass is 16.5. The number of unbranched alkanes of at least 4 members (excludes halogenated alkanes) is 3. The molecule has 0 saturated heterocycles. The van der Waals surface area contributed by atoms with Gasteiger partial charge in [0.05, 0.1) is 6.10 Å². The quantitative estimate of drug-likeness (QED) is 0.599. The van der Waals surface area contributed by atoms with Crippen molar-refractivity contribution in [3.63, 3.8) is 0 Å². The van der Waals surface area contributed by atoms with E-state index in [2.05, 4.69) is 33.0 Å². The molecule has 102 valence electrons. The summed E-state index contributed by atoms with van der Waals surface area (Å²) in [5.41, 5.74) is 0. The number of carbonyl (C=O) groups is 1. The SMILES string of the molecule is CC(C)CNC(=O)CCCCCCOC(C)C. The van der Waals surface area contributed by atoms with Crippen LogP contribution in [0, 0.1) is 5.92 Å². The van der Waals surface area contributed by atoms with E-state index in [4.69, 9.17) is 4.74 Å². The second kappa shape index (κ2) is 10.6. The first-order valence-electron chi connectivity index (χ1n) is 6.90. The monoisotopic (exact) mass is 243 g/mol. The van der Waals surface area contributed by atoms with E-state index in [1.165, 1.54) is 0 Å². The molecular weight excluding hydrogens is 214 g/mol. The first-order chi connectivity index (χ1) is 8.02. The van der Waals surface area contributed by atoms with E-state index in [1.54, 1.807) is 0 Å². The lowest BCUT2D eigenvalue weighted by Gasteiger charge is -2.08. The lowest BCUT2D eigenvalue weighted by molar-refractivity contribution is -0.121. The van der Waals surface area contributed by atoms with Gasteiger partial charge in [0.25, 0.3) is 0 Å². The Bertz CT molecular complexity index is 191. The first kappa shape index (κ1) is 16.4. The fraction of sp³-hybridized carbons (Fsp3) is 0.929. The maximum atomic E-state index is 11.4. The van der Waals surface area contributed by atoms with Crippen molar-refractivity contribution in [3.05, 3.63) is 0 Å². The van der Waals surface area contributed by atoms with Crippen LogP contribution in [0.2, 0.25) is 0 Å². The predicted octanol–water partition coefficient (Wildman–Crippen LogP) is 3.13. The highest BCUT2D eigenvalue weighted by molar-refractivity contribution is 5.75. The Morgan fingerprint density at radius 2 is 1.71 bits per heavy atom. The normalized spacial score (nSPS) is 11.2. The molecule has 3 nitrogen and oxygen atoms in total. The molecule has 1 N–H and O–H groups in total. The van der Waals surface area contributed by atoms with Crippen molar-refractivity contribution in [1.29, 1.82) is 0 Å². The average molecular weight is 243 g/mol. The molecule has 0 aliphatic carbocycles. The van der Waals surface area contributed by atoms with Crippen LogP contribution >= 0.6 is 0 Å². The van der Waals surface area contributed by atoms with Crippen LogP contribution in [-0.2, 0) is 9.53 Å². The summed E-state index contributed by atoms with van der Waals surface area (Å²) in [6, 6.07) is 0. The van der Waals surface area contributed by atoms with Gasteiger partial charge in [-0.15, -0.1) is 0 Å². The Labute approximate surface area is 106 Å². The molecule has 0 bridgehead atoms. The Balaban J connectivity index is 3.19. The molecule has 17 heavy (non-hydrogen) atoms. The van der Waals surface area contributed by atoms with Crippen LogP contribution in [-0.4, -0.2) is 25.2 Å². The lowest BCUT2D eigenvalue weighted by Crippen LogP contribution is -2.26. The van der Waals surface area contributed by atoms with Crippen molar-refractivity contribution in [2.45, 2.75) is 65.9 Å². The van der Waals surface area contributed by atoms with E-state index in [1.807, 2.05) is 0 Å². The molecule has 0 heterocycles. The maximum absolute atomic E-state index is 11.4. The molecule has 0 unspecified atom stereocenters. The highest BCUT2D eigenvalue weighted by Crippen LogP contribution is 2.04. The van der Waals surface area contributed by atoms with Gasteiger partial charge in [-0.1, -0.05) is 26.7 Å². The molecule has 0 rings (SSSR count). The van der Waals surface area contributed by atoms with Gasteiger partial charge in [0, 0.05) is 19.6 Å². The summed E-state index contributed by atoms with van der Waals surface area (Å²) in [6.07, 6.45) is 5.37. The van der Waals surface area contributed by atoms with Crippen molar-refractivity contribution in [2.24, 2.45) is 5.92 Å². The summed E-state index contributed by atoms with van der Waals surface area (Å²) < 4.78 is 5.46. The topological polar surface area (TPSA) is 38.3 Å². The minimum absolute atomic E-state index is 0.192. The fourth-order valence-corrected chi connectivity index (χ4v) is 1.47. The van der Waals surface area contributed by atoms with Crippen LogP contribution in [0.4, 0.5) is 0 Å². The van der Waals surface area contributed by atoms with Gasteiger partial charge in [-0.2, -0.15) is 0 Å². The van der Waals surface area contributed by atoms with E-state index < -0.39 is 0 Å². The minimum atomic E-state index is 0.192. The molecular formula is C14H29NO2. The van der Waals surface area contributed by atoms with Gasteiger partial charge >= 0.3 is 0 Å². The minimum Gasteiger partial charge on any atom is -0.379 e. The number of hydrogen-bond donors (Lipinski definition) is 1. The van der Waals surface area contributed by atoms with Gasteiger partial charge in [0.2, 0.25) is 5.91 Å². The van der Waals surface area contributed by atoms with Crippen LogP contribution in [0.25, 0.3) is 0 Å². The fourth-order valence-electron chi connectivity index (χ4n) is 1.47. The van der Waals surface area contributed by atoms with E-state index in [0.717, 1.165) is 38.8 Å². The number of amides is 1. The zero-order chi connectivity index (χ0) is 13.1. The molecule has 0 spiro atoms. The number of rotatable bonds is 10. The van der Waals surface area contributed by atoms with Gasteiger partial charge in [-0.25, -0.2) is 0 Å². The smallest absolute Gasteiger partial charge is 0.220 e. The summed E-state index contributed by atoms with van der Waals surface area (Å²) in [4.78, 5) is 11.4. The maximum Gasteiger partial charge on any atom is 0.220 e. The van der Waals surface area contributed by atoms with Gasteiger partial charge in [0.15, 0.2) is 0 Å². The predicted molar refractivity (Wildman–Crippen MR) is 72.0 cm³/mol. The zero-order valence-electron chi connectivity index (χ0n) is 11.9. The van der Waals surface area contributed by atoms with Crippen LogP contribution in [0.15, 0.2) is 0 Å². The Hall–Kier alpha value is -0.570. The molecule has 0 aliphatic rings. The standard InChI is InChI=1S/C14H29NO2/c1-12(2)11-15-14(16)9-7-5-6-8-10-17-13(3)4/h12-13H,5-11H2,1-4H3,(H,15,16). The third-order valence-electron chi connectivity index (χ3n) is 2.46. The number of carbonyl (C=O) groups excluding carboxylic acids is 1. The molecule has 0 fully saturated rings. The van der Waals surface area contributed by atoms with Gasteiger partial charge in [0.1, 0.15) is 0 Å². The van der Waals surface area contributed by atoms with E-state index in [-0.39, 0.29) is 5.91 Å². The van der Waals surface area contributed by atoms with Gasteiger partial charge in [-0.3, -0.25) is 4.79 Å². The molecule has 0 saturated carbocycles. The second-order valence-electron chi connectivity index (χ2n) is 5.28. The molecule has 0 atom stereocenters. The molecule has 0 aromatic rings. The number of nitrogens with one attached hydrogen (secondary N) is 1. The van der Waals surface area contributed by atoms with E-state index in [0.29, 0.717) is 18.4 Å². The zero-order valence-corrected chi connectivity index (χ0v) is 11.9. The molecule has 0 radical (unpaired) electrons. The van der Waals surface area contributed by atoms with Crippen LogP contribution in [0.1, 0.15) is 59.8 Å². The van der Waals surface area contributed by atoms with E-state index in [9.17, 15) is 4.79 Å². The van der Waals surface area contributed by atoms with Gasteiger partial charge in [-0.05, 0) is 32.6 Å². The summed E-state index contributed by atoms with van der Waals surface area (Å²) in [5, 5.41) is 2.94. The highest BCUT2D eigenvalue weighted by Gasteiger charge is 2.01. The lowest BCUT2D eigenvalue weighted by atomic mass is 10.1. The first-order valence-corrected chi connectivity index (χ1v) is 6.90. The second-order valence-corrected chi connectivity index (χ2v) is 5.28. The van der Waals surface area contributed by atoms with Crippen LogP contribution in [0.5, 0.6) is 0 Å². The van der Waals surface area contributed by atoms with E-state index >= 15 is 0 Å². The molecule has 0 aromatic carbocycles. The third kappa shape index (κ3) is 13.4. The molecule has 0 aromatic heterocycles. The summed E-state index contributed by atoms with van der Waals surface area (Å²) in [6.45, 7) is 9.96. The Morgan fingerprint density at radius 1 is 1.06 bits per heavy atom.